The average molecular weight is 610 g/mol. The highest BCUT2D eigenvalue weighted by molar-refractivity contribution is 5.75. The summed E-state index contributed by atoms with van der Waals surface area (Å²) in [6, 6.07) is 0. The van der Waals surface area contributed by atoms with Crippen LogP contribution in [0.3, 0.4) is 0 Å². The third kappa shape index (κ3) is 5.79. The van der Waals surface area contributed by atoms with Crippen molar-refractivity contribution in [2.24, 2.45) is 46.3 Å². The van der Waals surface area contributed by atoms with Crippen molar-refractivity contribution < 1.29 is 36.5 Å². The number of nitrogens with zero attached hydrogens (tertiary/aromatic N) is 1. The smallest absolute Gasteiger partial charge is 0.220 e. The van der Waals surface area contributed by atoms with Crippen LogP contribution in [0.5, 0.6) is 0 Å². The number of fused-ring (bicyclic) bond motifs is 5. The molecule has 5 rings (SSSR count). The highest BCUT2D eigenvalue weighted by atomic mass is 79.9. The number of rotatable bonds is 9. The lowest BCUT2D eigenvalue weighted by Gasteiger charge is -2.62. The maximum Gasteiger partial charge on any atom is 0.220 e. The Balaban J connectivity index is 0.00000353. The van der Waals surface area contributed by atoms with E-state index < -0.39 is 0 Å². The standard InChI is InChI=1S/C33H56N2O3.BrH/c1-5-17-35(18-6-7-19-35)20-16-34-31(38)13-8-23(2)27-11-12-28-26-10-9-24-21-25(36)14-15-32(24,3)29(26)22-30(37)33(27,28)4;/h5,23-30,36-37H,1,6-22H2,2-4H3;1H/t23-,24?,25-,26?,27-,28?,29?,30+,32+,33-;/m1./s1. The zero-order valence-corrected chi connectivity index (χ0v) is 26.6. The summed E-state index contributed by atoms with van der Waals surface area (Å²) in [5.41, 5.74) is 0.263. The van der Waals surface area contributed by atoms with Gasteiger partial charge in [0.15, 0.2) is 0 Å². The molecule has 10 atom stereocenters. The summed E-state index contributed by atoms with van der Waals surface area (Å²) in [7, 11) is 0. The summed E-state index contributed by atoms with van der Waals surface area (Å²) in [5, 5.41) is 25.3. The topological polar surface area (TPSA) is 69.6 Å². The molecule has 1 amide bonds. The zero-order chi connectivity index (χ0) is 27.1. The molecular formula is C33H57BrN2O3. The highest BCUT2D eigenvalue weighted by Gasteiger charge is 2.63. The minimum Gasteiger partial charge on any atom is -1.00 e. The molecule has 224 valence electrons. The lowest BCUT2D eigenvalue weighted by molar-refractivity contribution is -0.910. The van der Waals surface area contributed by atoms with Gasteiger partial charge in [-0.3, -0.25) is 4.79 Å². The number of likely N-dealkylation sites (tertiary alicyclic amines) is 1. The Kier molecular flexibility index (Phi) is 10.0. The van der Waals surface area contributed by atoms with Crippen LogP contribution in [-0.4, -0.2) is 65.5 Å². The van der Waals surface area contributed by atoms with Gasteiger partial charge in [0.05, 0.1) is 44.9 Å². The molecule has 0 aromatic carbocycles. The third-order valence-corrected chi connectivity index (χ3v) is 13.3. The van der Waals surface area contributed by atoms with E-state index in [1.807, 2.05) is 6.08 Å². The van der Waals surface area contributed by atoms with Gasteiger partial charge in [0.25, 0.3) is 0 Å². The van der Waals surface area contributed by atoms with Crippen molar-refractivity contribution in [2.75, 3.05) is 32.7 Å². The number of halogens is 1. The maximum atomic E-state index is 12.8. The Labute approximate surface area is 248 Å². The van der Waals surface area contributed by atoms with Crippen molar-refractivity contribution in [1.82, 2.24) is 5.32 Å². The van der Waals surface area contributed by atoms with Crippen molar-refractivity contribution in [3.63, 3.8) is 0 Å². The first-order valence-electron chi connectivity index (χ1n) is 16.2. The molecule has 6 heteroatoms. The van der Waals surface area contributed by atoms with E-state index in [0.717, 1.165) is 62.1 Å². The van der Waals surface area contributed by atoms with Crippen LogP contribution in [0.2, 0.25) is 0 Å². The fourth-order valence-corrected chi connectivity index (χ4v) is 11.0. The van der Waals surface area contributed by atoms with Crippen LogP contribution in [-0.2, 0) is 4.79 Å². The quantitative estimate of drug-likeness (QED) is 0.278. The molecule has 4 aliphatic carbocycles. The van der Waals surface area contributed by atoms with E-state index in [4.69, 9.17) is 0 Å². The van der Waals surface area contributed by atoms with Crippen LogP contribution in [0.4, 0.5) is 0 Å². The average Bonchev–Trinajstić information content (AvgIpc) is 3.49. The molecule has 0 aromatic heterocycles. The fourth-order valence-electron chi connectivity index (χ4n) is 11.0. The molecule has 5 nitrogen and oxygen atoms in total. The van der Waals surface area contributed by atoms with Crippen molar-refractivity contribution in [1.29, 1.82) is 0 Å². The van der Waals surface area contributed by atoms with Gasteiger partial charge in [-0.25, -0.2) is 0 Å². The predicted molar refractivity (Wildman–Crippen MR) is 153 cm³/mol. The summed E-state index contributed by atoms with van der Waals surface area (Å²) in [6.45, 7) is 16.4. The molecule has 1 heterocycles. The number of hydrogen-bond acceptors (Lipinski definition) is 3. The van der Waals surface area contributed by atoms with Crippen LogP contribution in [0.15, 0.2) is 12.7 Å². The SMILES string of the molecule is C=CC[N+]1(CCNC(=O)CC[C@@H](C)[C@H]2CCC3C4CCC5C[C@H](O)CC[C@]5(C)C4C[C@H](O)[C@@]32C)CCCC1.[Br-]. The molecule has 1 saturated heterocycles. The number of amides is 1. The Hall–Kier alpha value is -0.430. The molecule has 1 aliphatic heterocycles. The molecule has 3 N–H and O–H groups in total. The molecule has 0 aromatic rings. The fraction of sp³-hybridized carbons (Fsp3) is 0.909. The van der Waals surface area contributed by atoms with E-state index >= 15 is 0 Å². The van der Waals surface area contributed by atoms with Crippen LogP contribution >= 0.6 is 0 Å². The molecule has 5 fully saturated rings. The monoisotopic (exact) mass is 608 g/mol. The molecule has 4 unspecified atom stereocenters. The second-order valence-electron chi connectivity index (χ2n) is 14.9. The first-order valence-corrected chi connectivity index (χ1v) is 16.2. The Bertz CT molecular complexity index is 862. The molecule has 0 bridgehead atoms. The lowest BCUT2D eigenvalue weighted by atomic mass is 9.43. The molecular weight excluding hydrogens is 552 g/mol. The first-order chi connectivity index (χ1) is 18.1. The van der Waals surface area contributed by atoms with Crippen LogP contribution < -0.4 is 22.3 Å². The summed E-state index contributed by atoms with van der Waals surface area (Å²) < 4.78 is 1.09. The van der Waals surface area contributed by atoms with Crippen molar-refractivity contribution in [2.45, 2.75) is 110 Å². The summed E-state index contributed by atoms with van der Waals surface area (Å²) in [5.74, 6) is 3.70. The molecule has 0 radical (unpaired) electrons. The van der Waals surface area contributed by atoms with E-state index in [1.54, 1.807) is 0 Å². The van der Waals surface area contributed by atoms with Crippen LogP contribution in [0.1, 0.15) is 97.8 Å². The molecule has 39 heavy (non-hydrogen) atoms. The van der Waals surface area contributed by atoms with Gasteiger partial charge in [0.2, 0.25) is 5.91 Å². The number of carbonyl (C=O) groups is 1. The van der Waals surface area contributed by atoms with Gasteiger partial charge in [-0.1, -0.05) is 27.4 Å². The number of aliphatic hydroxyl groups excluding tert-OH is 2. The zero-order valence-electron chi connectivity index (χ0n) is 25.1. The predicted octanol–water partition coefficient (Wildman–Crippen LogP) is 2.31. The van der Waals surface area contributed by atoms with E-state index in [2.05, 4.69) is 32.7 Å². The van der Waals surface area contributed by atoms with Crippen LogP contribution in [0.25, 0.3) is 0 Å². The Morgan fingerprint density at radius 1 is 1.08 bits per heavy atom. The largest absolute Gasteiger partial charge is 1.00 e. The first kappa shape index (κ1) is 31.5. The van der Waals surface area contributed by atoms with E-state index in [9.17, 15) is 15.0 Å². The van der Waals surface area contributed by atoms with Gasteiger partial charge in [-0.05, 0) is 110 Å². The van der Waals surface area contributed by atoms with Gasteiger partial charge >= 0.3 is 0 Å². The number of aliphatic hydroxyl groups is 2. The summed E-state index contributed by atoms with van der Waals surface area (Å²) >= 11 is 0. The maximum absolute atomic E-state index is 12.8. The minimum absolute atomic E-state index is 0. The Morgan fingerprint density at radius 3 is 2.54 bits per heavy atom. The number of nitrogens with one attached hydrogen (secondary N) is 1. The number of quaternary nitrogens is 1. The highest BCUT2D eigenvalue weighted by Crippen LogP contribution is 2.68. The van der Waals surface area contributed by atoms with E-state index in [-0.39, 0.29) is 45.9 Å². The van der Waals surface area contributed by atoms with E-state index in [1.165, 1.54) is 51.6 Å². The van der Waals surface area contributed by atoms with Gasteiger partial charge in [0.1, 0.15) is 0 Å². The second-order valence-corrected chi connectivity index (χ2v) is 14.9. The minimum atomic E-state index is -0.245. The van der Waals surface area contributed by atoms with Gasteiger partial charge < -0.3 is 37.0 Å². The third-order valence-electron chi connectivity index (χ3n) is 13.3. The van der Waals surface area contributed by atoms with Crippen LogP contribution in [0, 0.1) is 46.3 Å². The van der Waals surface area contributed by atoms with Gasteiger partial charge in [0, 0.05) is 19.3 Å². The summed E-state index contributed by atoms with van der Waals surface area (Å²) in [6.07, 6.45) is 14.7. The molecule has 0 spiro atoms. The molecule has 5 aliphatic rings. The van der Waals surface area contributed by atoms with Gasteiger partial charge in [-0.2, -0.15) is 0 Å². The van der Waals surface area contributed by atoms with Crippen molar-refractivity contribution in [3.8, 4) is 0 Å². The number of hydrogen-bond donors (Lipinski definition) is 3. The Morgan fingerprint density at radius 2 is 1.82 bits per heavy atom. The summed E-state index contributed by atoms with van der Waals surface area (Å²) in [4.78, 5) is 12.8. The molecule has 4 saturated carbocycles. The van der Waals surface area contributed by atoms with Crippen molar-refractivity contribution in [3.05, 3.63) is 12.7 Å². The van der Waals surface area contributed by atoms with Gasteiger partial charge in [-0.15, -0.1) is 0 Å². The van der Waals surface area contributed by atoms with E-state index in [0.29, 0.717) is 36.0 Å². The lowest BCUT2D eigenvalue weighted by Crippen LogP contribution is -3.00. The second kappa shape index (κ2) is 12.4. The normalized spacial score (nSPS) is 43.4. The van der Waals surface area contributed by atoms with Crippen molar-refractivity contribution >= 4 is 5.91 Å². The number of carbonyl (C=O) groups excluding carboxylic acids is 1.